The van der Waals surface area contributed by atoms with Gasteiger partial charge < -0.3 is 10.1 Å². The number of aromatic nitrogens is 1. The summed E-state index contributed by atoms with van der Waals surface area (Å²) in [6, 6.07) is 9.20. The Balaban J connectivity index is 2.20. The van der Waals surface area contributed by atoms with Crippen LogP contribution in [-0.2, 0) is 9.53 Å². The first kappa shape index (κ1) is 18.9. The van der Waals surface area contributed by atoms with E-state index in [0.29, 0.717) is 5.56 Å². The largest absolute Gasteiger partial charge is 0.452 e. The Morgan fingerprint density at radius 3 is 2.56 bits per heavy atom. The lowest BCUT2D eigenvalue weighted by Crippen LogP contribution is -2.44. The van der Waals surface area contributed by atoms with Crippen LogP contribution in [-0.4, -0.2) is 29.0 Å². The summed E-state index contributed by atoms with van der Waals surface area (Å²) in [7, 11) is 0. The van der Waals surface area contributed by atoms with Crippen LogP contribution < -0.4 is 5.32 Å². The average Bonchev–Trinajstić information content (AvgIpc) is 2.58. The molecule has 2 aromatic rings. The number of fused-ring (bicyclic) bond motifs is 1. The zero-order valence-electron chi connectivity index (χ0n) is 15.6. The zero-order valence-corrected chi connectivity index (χ0v) is 15.6. The topological polar surface area (TPSA) is 68.3 Å². The van der Waals surface area contributed by atoms with Crippen LogP contribution in [0.1, 0.15) is 63.0 Å². The molecule has 0 aliphatic carbocycles. The van der Waals surface area contributed by atoms with Crippen LogP contribution in [0.15, 0.2) is 30.3 Å². The number of carbonyl (C=O) groups is 2. The highest BCUT2D eigenvalue weighted by molar-refractivity contribution is 6.04. The minimum Gasteiger partial charge on any atom is -0.452 e. The van der Waals surface area contributed by atoms with E-state index in [0.717, 1.165) is 23.0 Å². The summed E-state index contributed by atoms with van der Waals surface area (Å²) in [5.41, 5.74) is 1.69. The summed E-state index contributed by atoms with van der Waals surface area (Å²) in [6.07, 6.45) is 0.791. The Labute approximate surface area is 148 Å². The van der Waals surface area contributed by atoms with Crippen LogP contribution >= 0.6 is 0 Å². The van der Waals surface area contributed by atoms with Gasteiger partial charge in [-0.1, -0.05) is 39.0 Å². The molecule has 0 atom stereocenters. The van der Waals surface area contributed by atoms with Crippen molar-refractivity contribution >= 4 is 22.8 Å². The molecule has 0 bridgehead atoms. The van der Waals surface area contributed by atoms with Gasteiger partial charge in [0, 0.05) is 16.6 Å². The first-order valence-electron chi connectivity index (χ1n) is 8.61. The molecule has 2 rings (SSSR count). The van der Waals surface area contributed by atoms with Crippen molar-refractivity contribution in [2.45, 2.75) is 52.5 Å². The number of pyridine rings is 1. The molecule has 0 saturated carbocycles. The van der Waals surface area contributed by atoms with Gasteiger partial charge >= 0.3 is 5.97 Å². The fourth-order valence-electron chi connectivity index (χ4n) is 2.37. The van der Waals surface area contributed by atoms with Crippen LogP contribution in [0, 0.1) is 0 Å². The van der Waals surface area contributed by atoms with Gasteiger partial charge in [-0.3, -0.25) is 9.78 Å². The first-order valence-corrected chi connectivity index (χ1v) is 8.61. The first-order chi connectivity index (χ1) is 11.7. The second kappa shape index (κ2) is 7.64. The van der Waals surface area contributed by atoms with Gasteiger partial charge in [-0.2, -0.15) is 0 Å². The summed E-state index contributed by atoms with van der Waals surface area (Å²) in [4.78, 5) is 29.1. The maximum atomic E-state index is 12.5. The van der Waals surface area contributed by atoms with Gasteiger partial charge in [0.25, 0.3) is 5.91 Å². The highest BCUT2D eigenvalue weighted by Gasteiger charge is 2.20. The van der Waals surface area contributed by atoms with E-state index in [4.69, 9.17) is 4.74 Å². The predicted molar refractivity (Wildman–Crippen MR) is 98.6 cm³/mol. The highest BCUT2D eigenvalue weighted by atomic mass is 16.5. The summed E-state index contributed by atoms with van der Waals surface area (Å²) >= 11 is 0. The van der Waals surface area contributed by atoms with Crippen LogP contribution in [0.4, 0.5) is 0 Å². The Morgan fingerprint density at radius 2 is 1.92 bits per heavy atom. The predicted octanol–water partition coefficient (Wildman–Crippen LogP) is 3.82. The average molecular weight is 342 g/mol. The Kier molecular flexibility index (Phi) is 5.77. The van der Waals surface area contributed by atoms with E-state index < -0.39 is 5.97 Å². The molecule has 0 radical (unpaired) electrons. The number of benzene rings is 1. The molecule has 1 heterocycles. The van der Waals surface area contributed by atoms with Crippen molar-refractivity contribution in [1.82, 2.24) is 10.3 Å². The van der Waals surface area contributed by atoms with E-state index in [1.807, 2.05) is 58.9 Å². The summed E-state index contributed by atoms with van der Waals surface area (Å²) in [5, 5.41) is 3.58. The maximum Gasteiger partial charge on any atom is 0.339 e. The number of para-hydroxylation sites is 1. The quantitative estimate of drug-likeness (QED) is 0.810. The fourth-order valence-corrected chi connectivity index (χ4v) is 2.37. The molecule has 0 saturated heterocycles. The molecule has 1 amide bonds. The van der Waals surface area contributed by atoms with Crippen LogP contribution in [0.3, 0.4) is 0 Å². The van der Waals surface area contributed by atoms with E-state index >= 15 is 0 Å². The number of carbonyl (C=O) groups excluding carboxylic acids is 2. The van der Waals surface area contributed by atoms with Crippen LogP contribution in [0.2, 0.25) is 0 Å². The minimum absolute atomic E-state index is 0.185. The van der Waals surface area contributed by atoms with Gasteiger partial charge in [0.15, 0.2) is 6.61 Å². The highest BCUT2D eigenvalue weighted by Crippen LogP contribution is 2.23. The number of nitrogens with one attached hydrogen (secondary N) is 1. The molecule has 5 nitrogen and oxygen atoms in total. The lowest BCUT2D eigenvalue weighted by Gasteiger charge is -2.24. The molecule has 1 aromatic heterocycles. The lowest BCUT2D eigenvalue weighted by atomic mass is 10.0. The molecule has 0 fully saturated rings. The van der Waals surface area contributed by atoms with E-state index in [-0.39, 0.29) is 24.0 Å². The van der Waals surface area contributed by atoms with Gasteiger partial charge in [-0.25, -0.2) is 4.79 Å². The molecule has 0 spiro atoms. The minimum atomic E-state index is -0.509. The fraction of sp³-hybridized carbons (Fsp3) is 0.450. The Bertz CT molecular complexity index is 782. The smallest absolute Gasteiger partial charge is 0.339 e. The molecular formula is C20H26N2O3. The second-order valence-corrected chi connectivity index (χ2v) is 7.13. The van der Waals surface area contributed by atoms with E-state index in [9.17, 15) is 9.59 Å². The molecule has 25 heavy (non-hydrogen) atoms. The van der Waals surface area contributed by atoms with Crippen molar-refractivity contribution in [1.29, 1.82) is 0 Å². The number of rotatable bonds is 6. The van der Waals surface area contributed by atoms with E-state index in [2.05, 4.69) is 10.3 Å². The van der Waals surface area contributed by atoms with E-state index in [1.165, 1.54) is 0 Å². The maximum absolute atomic E-state index is 12.5. The molecule has 134 valence electrons. The lowest BCUT2D eigenvalue weighted by molar-refractivity contribution is -0.125. The van der Waals surface area contributed by atoms with Crippen molar-refractivity contribution in [3.8, 4) is 0 Å². The van der Waals surface area contributed by atoms with Crippen molar-refractivity contribution in [3.63, 3.8) is 0 Å². The second-order valence-electron chi connectivity index (χ2n) is 7.13. The molecule has 0 unspecified atom stereocenters. The molecule has 1 N–H and O–H groups in total. The third kappa shape index (κ3) is 4.78. The zero-order chi connectivity index (χ0) is 18.6. The van der Waals surface area contributed by atoms with Gasteiger partial charge in [0.1, 0.15) is 0 Å². The van der Waals surface area contributed by atoms with Gasteiger partial charge in [-0.15, -0.1) is 0 Å². The SMILES string of the molecule is CCC(C)(C)NC(=O)COC(=O)c1cc(C(C)C)nc2ccccc12. The number of nitrogens with zero attached hydrogens (tertiary/aromatic N) is 1. The van der Waals surface area contributed by atoms with Crippen LogP contribution in [0.25, 0.3) is 10.9 Å². The monoisotopic (exact) mass is 342 g/mol. The molecule has 1 aromatic carbocycles. The van der Waals surface area contributed by atoms with Crippen molar-refractivity contribution in [2.75, 3.05) is 6.61 Å². The van der Waals surface area contributed by atoms with Gasteiger partial charge in [-0.05, 0) is 38.3 Å². The van der Waals surface area contributed by atoms with Gasteiger partial charge in [0.2, 0.25) is 0 Å². The summed E-state index contributed by atoms with van der Waals surface area (Å²) in [5.74, 6) is -0.627. The Hall–Kier alpha value is -2.43. The molecule has 5 heteroatoms. The summed E-state index contributed by atoms with van der Waals surface area (Å²) < 4.78 is 5.24. The van der Waals surface area contributed by atoms with Crippen LogP contribution in [0.5, 0.6) is 0 Å². The van der Waals surface area contributed by atoms with Crippen molar-refractivity contribution in [3.05, 3.63) is 41.6 Å². The van der Waals surface area contributed by atoms with Crippen molar-refractivity contribution < 1.29 is 14.3 Å². The molecule has 0 aliphatic rings. The van der Waals surface area contributed by atoms with Crippen molar-refractivity contribution in [2.24, 2.45) is 0 Å². The number of ether oxygens (including phenoxy) is 1. The number of hydrogen-bond acceptors (Lipinski definition) is 4. The standard InChI is InChI=1S/C20H26N2O3/c1-6-20(4,5)22-18(23)12-25-19(24)15-11-17(13(2)3)21-16-10-8-7-9-14(15)16/h7-11,13H,6,12H2,1-5H3,(H,22,23). The number of esters is 1. The summed E-state index contributed by atoms with van der Waals surface area (Å²) in [6.45, 7) is 9.59. The number of amides is 1. The molecular weight excluding hydrogens is 316 g/mol. The third-order valence-corrected chi connectivity index (χ3v) is 4.24. The normalized spacial score (nSPS) is 11.6. The van der Waals surface area contributed by atoms with Gasteiger partial charge in [0.05, 0.1) is 11.1 Å². The van der Waals surface area contributed by atoms with E-state index in [1.54, 1.807) is 6.07 Å². The third-order valence-electron chi connectivity index (χ3n) is 4.24. The number of hydrogen-bond donors (Lipinski definition) is 1. The molecule has 0 aliphatic heterocycles. The Morgan fingerprint density at radius 1 is 1.24 bits per heavy atom.